The third-order valence-electron chi connectivity index (χ3n) is 3.07. The second-order valence-electron chi connectivity index (χ2n) is 6.23. The van der Waals surface area contributed by atoms with Gasteiger partial charge in [0.2, 0.25) is 0 Å². The van der Waals surface area contributed by atoms with Gasteiger partial charge in [-0.05, 0) is 34.1 Å². The predicted molar refractivity (Wildman–Crippen MR) is 84.4 cm³/mol. The maximum Gasteiger partial charge on any atom is 0.410 e. The summed E-state index contributed by atoms with van der Waals surface area (Å²) in [6.07, 6.45) is 0.829. The third kappa shape index (κ3) is 7.14. The number of carbonyl (C=O) groups is 1. The Hall–Kier alpha value is -1.55. The number of methoxy groups -OCH3 is 1. The highest BCUT2D eigenvalue weighted by atomic mass is 16.6. The summed E-state index contributed by atoms with van der Waals surface area (Å²) in [6.45, 7) is 9.07. The first-order chi connectivity index (χ1) is 9.81. The van der Waals surface area contributed by atoms with E-state index in [1.807, 2.05) is 39.0 Å². The molecule has 1 aliphatic rings. The molecular formula is C17H27NO3. The molecule has 1 aromatic carbocycles. The van der Waals surface area contributed by atoms with E-state index >= 15 is 0 Å². The van der Waals surface area contributed by atoms with E-state index in [-0.39, 0.29) is 12.2 Å². The summed E-state index contributed by atoms with van der Waals surface area (Å²) in [5, 5.41) is 0. The average Bonchev–Trinajstić information content (AvgIpc) is 2.87. The van der Waals surface area contributed by atoms with E-state index in [9.17, 15) is 4.79 Å². The Labute approximate surface area is 128 Å². The molecule has 0 bridgehead atoms. The van der Waals surface area contributed by atoms with Crippen LogP contribution in [0.2, 0.25) is 0 Å². The lowest BCUT2D eigenvalue weighted by Gasteiger charge is -2.24. The first-order valence-electron chi connectivity index (χ1n) is 7.34. The van der Waals surface area contributed by atoms with Crippen LogP contribution in [0.15, 0.2) is 30.3 Å². The SMILES string of the molecule is COC1CCN(C(=O)OC(C)(C)C)C1.Cc1ccccc1. The quantitative estimate of drug-likeness (QED) is 0.793. The fourth-order valence-corrected chi connectivity index (χ4v) is 1.95. The van der Waals surface area contributed by atoms with Gasteiger partial charge in [0.05, 0.1) is 12.6 Å². The molecule has 4 nitrogen and oxygen atoms in total. The first kappa shape index (κ1) is 17.5. The molecule has 118 valence electrons. The van der Waals surface area contributed by atoms with Crippen LogP contribution in [0.1, 0.15) is 32.8 Å². The summed E-state index contributed by atoms with van der Waals surface area (Å²) in [5.74, 6) is 0. The number of benzene rings is 1. The van der Waals surface area contributed by atoms with Crippen LogP contribution in [0.4, 0.5) is 4.79 Å². The zero-order valence-electron chi connectivity index (χ0n) is 13.8. The Morgan fingerprint density at radius 3 is 2.24 bits per heavy atom. The van der Waals surface area contributed by atoms with Gasteiger partial charge >= 0.3 is 6.09 Å². The van der Waals surface area contributed by atoms with Gasteiger partial charge in [0.15, 0.2) is 0 Å². The van der Waals surface area contributed by atoms with Crippen molar-refractivity contribution >= 4 is 6.09 Å². The summed E-state index contributed by atoms with van der Waals surface area (Å²) in [5.41, 5.74) is 0.907. The lowest BCUT2D eigenvalue weighted by Crippen LogP contribution is -2.35. The Morgan fingerprint density at radius 2 is 1.86 bits per heavy atom. The fraction of sp³-hybridized carbons (Fsp3) is 0.588. The summed E-state index contributed by atoms with van der Waals surface area (Å²) < 4.78 is 10.4. The van der Waals surface area contributed by atoms with Gasteiger partial charge in [0, 0.05) is 13.7 Å². The van der Waals surface area contributed by atoms with Gasteiger partial charge in [-0.2, -0.15) is 0 Å². The van der Waals surface area contributed by atoms with E-state index in [4.69, 9.17) is 9.47 Å². The van der Waals surface area contributed by atoms with Gasteiger partial charge in [0.25, 0.3) is 0 Å². The number of carbonyl (C=O) groups excluding carboxylic acids is 1. The third-order valence-corrected chi connectivity index (χ3v) is 3.07. The lowest BCUT2D eigenvalue weighted by atomic mass is 10.2. The number of hydrogen-bond donors (Lipinski definition) is 0. The number of ether oxygens (including phenoxy) is 2. The van der Waals surface area contributed by atoms with Crippen LogP contribution in [-0.2, 0) is 9.47 Å². The normalized spacial score (nSPS) is 18.0. The van der Waals surface area contributed by atoms with E-state index < -0.39 is 5.60 Å². The molecule has 1 amide bonds. The molecule has 1 aliphatic heterocycles. The molecule has 1 aromatic rings. The van der Waals surface area contributed by atoms with Crippen LogP contribution in [-0.4, -0.2) is 42.9 Å². The number of amides is 1. The largest absolute Gasteiger partial charge is 0.444 e. The van der Waals surface area contributed by atoms with Gasteiger partial charge in [-0.3, -0.25) is 0 Å². The smallest absolute Gasteiger partial charge is 0.410 e. The highest BCUT2D eigenvalue weighted by Gasteiger charge is 2.29. The Balaban J connectivity index is 0.000000262. The maximum absolute atomic E-state index is 11.6. The Kier molecular flexibility index (Phi) is 6.69. The zero-order valence-corrected chi connectivity index (χ0v) is 13.8. The minimum Gasteiger partial charge on any atom is -0.444 e. The molecule has 1 saturated heterocycles. The van der Waals surface area contributed by atoms with Gasteiger partial charge in [-0.1, -0.05) is 35.9 Å². The maximum atomic E-state index is 11.6. The van der Waals surface area contributed by atoms with Crippen molar-refractivity contribution in [3.05, 3.63) is 35.9 Å². The van der Waals surface area contributed by atoms with Crippen LogP contribution in [0.5, 0.6) is 0 Å². The summed E-state index contributed by atoms with van der Waals surface area (Å²) in [6, 6.07) is 10.3. The van der Waals surface area contributed by atoms with Crippen LogP contribution in [0.3, 0.4) is 0 Å². The van der Waals surface area contributed by atoms with Crippen molar-refractivity contribution in [2.24, 2.45) is 0 Å². The molecule has 0 aliphatic carbocycles. The molecule has 1 atom stereocenters. The molecule has 0 saturated carbocycles. The monoisotopic (exact) mass is 293 g/mol. The molecule has 1 heterocycles. The van der Waals surface area contributed by atoms with E-state index in [0.29, 0.717) is 6.54 Å². The minimum absolute atomic E-state index is 0.169. The topological polar surface area (TPSA) is 38.8 Å². The number of rotatable bonds is 1. The number of aryl methyl sites for hydroxylation is 1. The molecule has 21 heavy (non-hydrogen) atoms. The number of hydrogen-bond acceptors (Lipinski definition) is 3. The van der Waals surface area contributed by atoms with Crippen molar-refractivity contribution in [1.82, 2.24) is 4.90 Å². The average molecular weight is 293 g/mol. The Morgan fingerprint density at radius 1 is 1.24 bits per heavy atom. The van der Waals surface area contributed by atoms with Gasteiger partial charge in [-0.25, -0.2) is 4.79 Å². The first-order valence-corrected chi connectivity index (χ1v) is 7.34. The summed E-state index contributed by atoms with van der Waals surface area (Å²) in [7, 11) is 1.67. The second-order valence-corrected chi connectivity index (χ2v) is 6.23. The van der Waals surface area contributed by atoms with Crippen molar-refractivity contribution in [1.29, 1.82) is 0 Å². The van der Waals surface area contributed by atoms with E-state index in [1.165, 1.54) is 5.56 Å². The van der Waals surface area contributed by atoms with Crippen molar-refractivity contribution < 1.29 is 14.3 Å². The van der Waals surface area contributed by atoms with Crippen molar-refractivity contribution in [3.63, 3.8) is 0 Å². The van der Waals surface area contributed by atoms with Crippen LogP contribution < -0.4 is 0 Å². The Bertz CT molecular complexity index is 425. The zero-order chi connectivity index (χ0) is 15.9. The van der Waals surface area contributed by atoms with Gasteiger partial charge < -0.3 is 14.4 Å². The van der Waals surface area contributed by atoms with Crippen LogP contribution in [0, 0.1) is 6.92 Å². The van der Waals surface area contributed by atoms with Gasteiger partial charge in [0.1, 0.15) is 5.60 Å². The lowest BCUT2D eigenvalue weighted by molar-refractivity contribution is 0.0253. The molecule has 4 heteroatoms. The molecular weight excluding hydrogens is 266 g/mol. The number of likely N-dealkylation sites (tertiary alicyclic amines) is 1. The van der Waals surface area contributed by atoms with Gasteiger partial charge in [-0.15, -0.1) is 0 Å². The highest BCUT2D eigenvalue weighted by molar-refractivity contribution is 5.68. The molecule has 0 N–H and O–H groups in total. The molecule has 0 radical (unpaired) electrons. The minimum atomic E-state index is -0.414. The predicted octanol–water partition coefficient (Wildman–Crippen LogP) is 3.64. The van der Waals surface area contributed by atoms with Crippen molar-refractivity contribution in [2.45, 2.75) is 45.8 Å². The highest BCUT2D eigenvalue weighted by Crippen LogP contribution is 2.16. The fourth-order valence-electron chi connectivity index (χ4n) is 1.95. The van der Waals surface area contributed by atoms with E-state index in [2.05, 4.69) is 19.1 Å². The van der Waals surface area contributed by atoms with Crippen molar-refractivity contribution in [2.75, 3.05) is 20.2 Å². The van der Waals surface area contributed by atoms with Crippen LogP contribution in [0.25, 0.3) is 0 Å². The van der Waals surface area contributed by atoms with Crippen LogP contribution >= 0.6 is 0 Å². The number of nitrogens with zero attached hydrogens (tertiary/aromatic N) is 1. The standard InChI is InChI=1S/C10H19NO3.C7H8/c1-10(2,3)14-9(12)11-6-5-8(7-11)13-4;1-7-5-3-2-4-6-7/h8H,5-7H2,1-4H3;2-6H,1H3. The van der Waals surface area contributed by atoms with E-state index in [0.717, 1.165) is 13.0 Å². The summed E-state index contributed by atoms with van der Waals surface area (Å²) in [4.78, 5) is 13.3. The van der Waals surface area contributed by atoms with E-state index in [1.54, 1.807) is 12.0 Å². The molecule has 1 unspecified atom stereocenters. The summed E-state index contributed by atoms with van der Waals surface area (Å²) >= 11 is 0. The molecule has 0 aromatic heterocycles. The molecule has 2 rings (SSSR count). The molecule has 1 fully saturated rings. The molecule has 0 spiro atoms. The van der Waals surface area contributed by atoms with Crippen molar-refractivity contribution in [3.8, 4) is 0 Å². The second kappa shape index (κ2) is 8.03.